The average Bonchev–Trinajstić information content (AvgIpc) is 3.62. The van der Waals surface area contributed by atoms with Gasteiger partial charge in [0.25, 0.3) is 0 Å². The van der Waals surface area contributed by atoms with Crippen molar-refractivity contribution < 1.29 is 4.39 Å². The van der Waals surface area contributed by atoms with E-state index in [-0.39, 0.29) is 22.7 Å². The first-order chi connectivity index (χ1) is 20.6. The molecule has 2 aliphatic rings. The highest BCUT2D eigenvalue weighted by Crippen LogP contribution is 2.45. The zero-order valence-electron chi connectivity index (χ0n) is 24.9. The highest BCUT2D eigenvalue weighted by atomic mass is 35.5. The molecule has 5 heterocycles. The van der Waals surface area contributed by atoms with Crippen molar-refractivity contribution in [1.82, 2.24) is 35.2 Å². The lowest BCUT2D eigenvalue weighted by atomic mass is 9.90. The van der Waals surface area contributed by atoms with Crippen molar-refractivity contribution in [3.63, 3.8) is 0 Å². The lowest BCUT2D eigenvalue weighted by Crippen LogP contribution is -2.67. The van der Waals surface area contributed by atoms with E-state index in [1.54, 1.807) is 18.3 Å². The number of nitrogens with one attached hydrogen (secondary N) is 2. The third-order valence-electron chi connectivity index (χ3n) is 8.99. The molecule has 9 nitrogen and oxygen atoms in total. The molecule has 12 heteroatoms. The summed E-state index contributed by atoms with van der Waals surface area (Å²) in [6.45, 7) is 8.96. The first-order valence-electron chi connectivity index (χ1n) is 14.3. The summed E-state index contributed by atoms with van der Waals surface area (Å²) in [6.07, 6.45) is 5.48. The molecule has 0 amide bonds. The number of aromatic nitrogens is 5. The number of halogens is 3. The van der Waals surface area contributed by atoms with Crippen LogP contribution in [-0.4, -0.2) is 75.7 Å². The first-order valence-corrected chi connectivity index (χ1v) is 15.1. The normalized spacial score (nSPS) is 16.9. The van der Waals surface area contributed by atoms with Crippen LogP contribution in [0.1, 0.15) is 38.3 Å². The predicted octanol–water partition coefficient (Wildman–Crippen LogP) is 6.48. The average molecular weight is 623 g/mol. The van der Waals surface area contributed by atoms with Gasteiger partial charge in [-0.3, -0.25) is 9.78 Å². The van der Waals surface area contributed by atoms with Gasteiger partial charge in [0.1, 0.15) is 11.3 Å². The van der Waals surface area contributed by atoms with E-state index in [1.165, 1.54) is 6.92 Å². The monoisotopic (exact) mass is 621 g/mol. The van der Waals surface area contributed by atoms with E-state index in [2.05, 4.69) is 51.0 Å². The van der Waals surface area contributed by atoms with Gasteiger partial charge in [-0.15, -0.1) is 0 Å². The Hall–Kier alpha value is -3.49. The van der Waals surface area contributed by atoms with Crippen molar-refractivity contribution >= 4 is 61.7 Å². The molecule has 0 radical (unpaired) electrons. The minimum Gasteiger partial charge on any atom is -0.352 e. The van der Waals surface area contributed by atoms with E-state index in [0.29, 0.717) is 21.0 Å². The number of pyridine rings is 1. The maximum Gasteiger partial charge on any atom is 0.158 e. The summed E-state index contributed by atoms with van der Waals surface area (Å²) >= 11 is 13.5. The second kappa shape index (κ2) is 11.2. The zero-order valence-corrected chi connectivity index (χ0v) is 26.4. The Morgan fingerprint density at radius 3 is 2.44 bits per heavy atom. The van der Waals surface area contributed by atoms with E-state index >= 15 is 4.39 Å². The number of aromatic amines is 1. The summed E-state index contributed by atoms with van der Waals surface area (Å²) in [6, 6.07) is 5.61. The summed E-state index contributed by atoms with van der Waals surface area (Å²) in [5.74, 6) is 0.290. The van der Waals surface area contributed by atoms with Crippen LogP contribution in [0.5, 0.6) is 0 Å². The van der Waals surface area contributed by atoms with Crippen molar-refractivity contribution in [1.29, 1.82) is 5.26 Å². The smallest absolute Gasteiger partial charge is 0.158 e. The molecule has 0 saturated carbocycles. The fourth-order valence-corrected chi connectivity index (χ4v) is 6.84. The Bertz CT molecular complexity index is 1890. The summed E-state index contributed by atoms with van der Waals surface area (Å²) in [5, 5.41) is 25.9. The number of piperidine rings is 1. The maximum atomic E-state index is 16.9. The van der Waals surface area contributed by atoms with E-state index in [0.717, 1.165) is 72.2 Å². The lowest BCUT2D eigenvalue weighted by Gasteiger charge is -2.52. The van der Waals surface area contributed by atoms with E-state index < -0.39 is 5.82 Å². The molecule has 0 aliphatic carbocycles. The Balaban J connectivity index is 0.00000105. The third kappa shape index (κ3) is 4.79. The van der Waals surface area contributed by atoms with Crippen LogP contribution in [0.3, 0.4) is 0 Å². The summed E-state index contributed by atoms with van der Waals surface area (Å²) in [5.41, 5.74) is 3.55. The largest absolute Gasteiger partial charge is 0.352 e. The number of benzene rings is 2. The molecule has 2 saturated heterocycles. The molecule has 7 rings (SSSR count). The lowest BCUT2D eigenvalue weighted by molar-refractivity contribution is 0.133. The SMILES string of the molecule is CC#N.Cc1c(Cl)cc2[nH]ncc2c1-c1c(Cl)cc2c(nc(N3CC(C)(N(C)C)C3)c3cnn(C4CCNCC4)c32)c1F. The Morgan fingerprint density at radius 1 is 1.07 bits per heavy atom. The maximum absolute atomic E-state index is 16.9. The molecule has 2 aromatic carbocycles. The molecule has 0 unspecified atom stereocenters. The van der Waals surface area contributed by atoms with Crippen molar-refractivity contribution in [2.75, 3.05) is 45.2 Å². The zero-order chi connectivity index (χ0) is 30.6. The minimum atomic E-state index is -0.465. The van der Waals surface area contributed by atoms with Crippen molar-refractivity contribution in [2.24, 2.45) is 0 Å². The molecule has 2 aliphatic heterocycles. The number of nitriles is 1. The second-order valence-electron chi connectivity index (χ2n) is 11.9. The highest BCUT2D eigenvalue weighted by Gasteiger charge is 2.42. The number of anilines is 1. The molecule has 3 aromatic heterocycles. The number of fused-ring (bicyclic) bond motifs is 4. The van der Waals surface area contributed by atoms with E-state index in [1.807, 2.05) is 19.2 Å². The van der Waals surface area contributed by atoms with Crippen LogP contribution in [0, 0.1) is 24.1 Å². The quantitative estimate of drug-likeness (QED) is 0.237. The van der Waals surface area contributed by atoms with E-state index in [9.17, 15) is 0 Å². The fraction of sp³-hybridized carbons (Fsp3) is 0.419. The summed E-state index contributed by atoms with van der Waals surface area (Å²) in [7, 11) is 4.18. The molecule has 43 heavy (non-hydrogen) atoms. The van der Waals surface area contributed by atoms with Gasteiger partial charge in [-0.25, -0.2) is 9.37 Å². The fourth-order valence-electron chi connectivity index (χ4n) is 6.35. The first kappa shape index (κ1) is 29.6. The molecule has 2 fully saturated rings. The van der Waals surface area contributed by atoms with Gasteiger partial charge in [-0.1, -0.05) is 23.2 Å². The van der Waals surface area contributed by atoms with Gasteiger partial charge in [0, 0.05) is 46.9 Å². The van der Waals surface area contributed by atoms with Crippen LogP contribution in [0.15, 0.2) is 24.5 Å². The van der Waals surface area contributed by atoms with Crippen LogP contribution in [0.2, 0.25) is 10.0 Å². The number of nitrogens with zero attached hydrogens (tertiary/aromatic N) is 7. The number of rotatable bonds is 4. The molecular weight excluding hydrogens is 588 g/mol. The van der Waals surface area contributed by atoms with Gasteiger partial charge >= 0.3 is 0 Å². The predicted molar refractivity (Wildman–Crippen MR) is 172 cm³/mol. The molecule has 0 atom stereocenters. The topological polar surface area (TPSA) is 102 Å². The third-order valence-corrected chi connectivity index (χ3v) is 9.68. The van der Waals surface area contributed by atoms with Gasteiger partial charge < -0.3 is 15.1 Å². The molecule has 2 N–H and O–H groups in total. The van der Waals surface area contributed by atoms with Crippen molar-refractivity contribution in [3.8, 4) is 17.2 Å². The number of hydrogen-bond donors (Lipinski definition) is 2. The van der Waals surface area contributed by atoms with Gasteiger partial charge in [0.15, 0.2) is 5.82 Å². The van der Waals surface area contributed by atoms with Gasteiger partial charge in [0.05, 0.1) is 51.5 Å². The van der Waals surface area contributed by atoms with Crippen LogP contribution >= 0.6 is 23.2 Å². The number of likely N-dealkylation sites (N-methyl/N-ethyl adjacent to an activating group) is 1. The van der Waals surface area contributed by atoms with Crippen LogP contribution in [0.25, 0.3) is 43.8 Å². The molecular formula is C31H34Cl2FN9. The highest BCUT2D eigenvalue weighted by molar-refractivity contribution is 6.36. The number of hydrogen-bond acceptors (Lipinski definition) is 7. The molecule has 5 aromatic rings. The Kier molecular flexibility index (Phi) is 7.71. The summed E-state index contributed by atoms with van der Waals surface area (Å²) in [4.78, 5) is 9.46. The van der Waals surface area contributed by atoms with E-state index in [4.69, 9.17) is 38.5 Å². The summed E-state index contributed by atoms with van der Waals surface area (Å²) < 4.78 is 19.0. The minimum absolute atomic E-state index is 0.0164. The van der Waals surface area contributed by atoms with Crippen molar-refractivity contribution in [2.45, 2.75) is 45.2 Å². The van der Waals surface area contributed by atoms with Gasteiger partial charge in [-0.05, 0) is 71.6 Å². The van der Waals surface area contributed by atoms with Crippen LogP contribution in [-0.2, 0) is 0 Å². The van der Waals surface area contributed by atoms with Crippen LogP contribution < -0.4 is 10.2 Å². The standard InChI is InChI=1S/C29H31Cl2FN8.C2H3N/c1-15-20(30)10-22-18(11-34-37-22)23(15)24-21(31)9-17-26(25(24)32)36-28(39-13-29(2,14-39)38(3)4)19-12-35-40(27(17)19)16-5-7-33-8-6-16;1-2-3/h9-12,16,33H,5-8,13-14H2,1-4H3,(H,34,37);1H3. The molecule has 0 spiro atoms. The second-order valence-corrected chi connectivity index (χ2v) is 12.7. The van der Waals surface area contributed by atoms with Crippen LogP contribution in [0.4, 0.5) is 10.2 Å². The van der Waals surface area contributed by atoms with Crippen molar-refractivity contribution in [3.05, 3.63) is 46.0 Å². The Morgan fingerprint density at radius 2 is 1.77 bits per heavy atom. The Labute approximate surface area is 259 Å². The van der Waals surface area contributed by atoms with Gasteiger partial charge in [-0.2, -0.15) is 15.5 Å². The van der Waals surface area contributed by atoms with Gasteiger partial charge in [0.2, 0.25) is 0 Å². The molecule has 0 bridgehead atoms. The number of H-pyrrole nitrogens is 1. The molecule has 224 valence electrons.